The molecular formula is C13H20N2O3. The molecule has 0 amide bonds. The highest BCUT2D eigenvalue weighted by atomic mass is 16.5. The number of hydrogen-bond acceptors (Lipinski definition) is 5. The van der Waals surface area contributed by atoms with Crippen molar-refractivity contribution in [3.63, 3.8) is 0 Å². The molecule has 18 heavy (non-hydrogen) atoms. The number of aromatic nitrogens is 1. The monoisotopic (exact) mass is 252 g/mol. The maximum Gasteiger partial charge on any atom is 0.168 e. The third-order valence-corrected chi connectivity index (χ3v) is 2.90. The Labute approximate surface area is 107 Å². The van der Waals surface area contributed by atoms with Crippen molar-refractivity contribution in [1.29, 1.82) is 0 Å². The van der Waals surface area contributed by atoms with E-state index in [1.54, 1.807) is 6.20 Å². The Balaban J connectivity index is 1.95. The Morgan fingerprint density at radius 3 is 3.22 bits per heavy atom. The van der Waals surface area contributed by atoms with Crippen LogP contribution in [0.15, 0.2) is 18.3 Å². The minimum Gasteiger partial charge on any atom is -0.490 e. The molecule has 0 bridgehead atoms. The molecule has 1 aliphatic heterocycles. The van der Waals surface area contributed by atoms with Gasteiger partial charge < -0.3 is 19.9 Å². The maximum atomic E-state index is 10.2. The van der Waals surface area contributed by atoms with Gasteiger partial charge in [0.15, 0.2) is 11.6 Å². The first-order chi connectivity index (χ1) is 8.73. The normalized spacial score (nSPS) is 23.0. The zero-order chi connectivity index (χ0) is 12.8. The van der Waals surface area contributed by atoms with Gasteiger partial charge in [0.05, 0.1) is 13.2 Å². The highest BCUT2D eigenvalue weighted by molar-refractivity contribution is 5.49. The second-order valence-corrected chi connectivity index (χ2v) is 4.58. The molecule has 2 heterocycles. The van der Waals surface area contributed by atoms with Gasteiger partial charge in [-0.1, -0.05) is 6.92 Å². The molecule has 1 aromatic heterocycles. The van der Waals surface area contributed by atoms with E-state index in [0.717, 1.165) is 12.2 Å². The van der Waals surface area contributed by atoms with Gasteiger partial charge in [0.1, 0.15) is 5.60 Å². The van der Waals surface area contributed by atoms with Crippen molar-refractivity contribution in [2.24, 2.45) is 0 Å². The van der Waals surface area contributed by atoms with Crippen molar-refractivity contribution in [2.75, 3.05) is 31.7 Å². The average molecular weight is 252 g/mol. The fraction of sp³-hybridized carbons (Fsp3) is 0.615. The van der Waals surface area contributed by atoms with E-state index in [0.29, 0.717) is 38.6 Å². The van der Waals surface area contributed by atoms with Crippen molar-refractivity contribution in [2.45, 2.75) is 25.4 Å². The number of nitrogens with zero attached hydrogens (tertiary/aromatic N) is 1. The van der Waals surface area contributed by atoms with Crippen molar-refractivity contribution in [1.82, 2.24) is 4.98 Å². The summed E-state index contributed by atoms with van der Waals surface area (Å²) < 4.78 is 10.8. The molecule has 1 saturated heterocycles. The van der Waals surface area contributed by atoms with E-state index in [4.69, 9.17) is 9.47 Å². The molecule has 0 aliphatic carbocycles. The lowest BCUT2D eigenvalue weighted by atomic mass is 10.0. The average Bonchev–Trinajstić information content (AvgIpc) is 2.82. The molecule has 0 saturated carbocycles. The van der Waals surface area contributed by atoms with E-state index in [1.165, 1.54) is 0 Å². The summed E-state index contributed by atoms with van der Waals surface area (Å²) in [7, 11) is 0. The standard InChI is InChI=1S/C13H20N2O3/c1-2-7-18-11-4-3-6-14-12(11)15-9-13(16)5-8-17-10-13/h3-4,6,16H,2,5,7-10H2,1H3,(H,14,15). The van der Waals surface area contributed by atoms with Gasteiger partial charge >= 0.3 is 0 Å². The maximum absolute atomic E-state index is 10.2. The zero-order valence-corrected chi connectivity index (χ0v) is 10.7. The summed E-state index contributed by atoms with van der Waals surface area (Å²) in [5.74, 6) is 1.40. The lowest BCUT2D eigenvalue weighted by Gasteiger charge is -2.21. The third kappa shape index (κ3) is 3.34. The fourth-order valence-corrected chi connectivity index (χ4v) is 1.84. The Morgan fingerprint density at radius 1 is 1.61 bits per heavy atom. The molecule has 5 heteroatoms. The summed E-state index contributed by atoms with van der Waals surface area (Å²) in [6.45, 7) is 4.12. The van der Waals surface area contributed by atoms with Crippen molar-refractivity contribution < 1.29 is 14.6 Å². The SMILES string of the molecule is CCCOc1cccnc1NCC1(O)CCOC1. The summed E-state index contributed by atoms with van der Waals surface area (Å²) in [5, 5.41) is 13.3. The number of nitrogens with one attached hydrogen (secondary N) is 1. The van der Waals surface area contributed by atoms with Crippen LogP contribution in [0.5, 0.6) is 5.75 Å². The van der Waals surface area contributed by atoms with Crippen LogP contribution in [0.1, 0.15) is 19.8 Å². The first-order valence-electron chi connectivity index (χ1n) is 6.35. The van der Waals surface area contributed by atoms with Crippen LogP contribution < -0.4 is 10.1 Å². The van der Waals surface area contributed by atoms with Gasteiger partial charge in [0, 0.05) is 25.8 Å². The summed E-state index contributed by atoms with van der Waals surface area (Å²) >= 11 is 0. The molecule has 1 aromatic rings. The Morgan fingerprint density at radius 2 is 2.50 bits per heavy atom. The number of anilines is 1. The molecule has 0 spiro atoms. The van der Waals surface area contributed by atoms with Crippen LogP contribution >= 0.6 is 0 Å². The topological polar surface area (TPSA) is 63.6 Å². The van der Waals surface area contributed by atoms with Gasteiger partial charge in [-0.25, -0.2) is 4.98 Å². The zero-order valence-electron chi connectivity index (χ0n) is 10.7. The van der Waals surface area contributed by atoms with Crippen molar-refractivity contribution in [3.05, 3.63) is 18.3 Å². The molecule has 1 unspecified atom stereocenters. The van der Waals surface area contributed by atoms with Gasteiger partial charge in [-0.2, -0.15) is 0 Å². The van der Waals surface area contributed by atoms with Crippen molar-refractivity contribution in [3.8, 4) is 5.75 Å². The lowest BCUT2D eigenvalue weighted by Crippen LogP contribution is -2.37. The van der Waals surface area contributed by atoms with Crippen LogP contribution in [0.3, 0.4) is 0 Å². The van der Waals surface area contributed by atoms with Gasteiger partial charge in [-0.05, 0) is 18.6 Å². The Hall–Kier alpha value is -1.33. The highest BCUT2D eigenvalue weighted by Crippen LogP contribution is 2.24. The first kappa shape index (κ1) is 13.1. The predicted octanol–water partition coefficient (Wildman–Crippen LogP) is 1.43. The molecule has 5 nitrogen and oxygen atoms in total. The quantitative estimate of drug-likeness (QED) is 0.802. The largest absolute Gasteiger partial charge is 0.490 e. The van der Waals surface area contributed by atoms with E-state index in [1.807, 2.05) is 12.1 Å². The van der Waals surface area contributed by atoms with E-state index in [2.05, 4.69) is 17.2 Å². The minimum absolute atomic E-state index is 0.373. The Bertz CT molecular complexity index is 378. The fourth-order valence-electron chi connectivity index (χ4n) is 1.84. The van der Waals surface area contributed by atoms with E-state index >= 15 is 0 Å². The highest BCUT2D eigenvalue weighted by Gasteiger charge is 2.32. The number of hydrogen-bond donors (Lipinski definition) is 2. The molecule has 1 aliphatic rings. The molecular weight excluding hydrogens is 232 g/mol. The molecule has 2 rings (SSSR count). The van der Waals surface area contributed by atoms with Crippen LogP contribution in [0.4, 0.5) is 5.82 Å². The second-order valence-electron chi connectivity index (χ2n) is 4.58. The number of pyridine rings is 1. The molecule has 0 radical (unpaired) electrons. The molecule has 1 fully saturated rings. The van der Waals surface area contributed by atoms with Crippen LogP contribution in [0, 0.1) is 0 Å². The van der Waals surface area contributed by atoms with Gasteiger partial charge in [-0.15, -0.1) is 0 Å². The van der Waals surface area contributed by atoms with Gasteiger partial charge in [0.25, 0.3) is 0 Å². The van der Waals surface area contributed by atoms with E-state index in [9.17, 15) is 5.11 Å². The van der Waals surface area contributed by atoms with Crippen LogP contribution in [0.2, 0.25) is 0 Å². The minimum atomic E-state index is -0.792. The van der Waals surface area contributed by atoms with Crippen molar-refractivity contribution >= 4 is 5.82 Å². The second kappa shape index (κ2) is 6.02. The summed E-state index contributed by atoms with van der Waals surface area (Å²) in [4.78, 5) is 4.24. The summed E-state index contributed by atoms with van der Waals surface area (Å²) in [6, 6.07) is 3.71. The van der Waals surface area contributed by atoms with E-state index < -0.39 is 5.60 Å². The molecule has 2 N–H and O–H groups in total. The summed E-state index contributed by atoms with van der Waals surface area (Å²) in [5.41, 5.74) is -0.792. The smallest absolute Gasteiger partial charge is 0.168 e. The van der Waals surface area contributed by atoms with Crippen LogP contribution in [0.25, 0.3) is 0 Å². The molecule has 1 atom stereocenters. The summed E-state index contributed by atoms with van der Waals surface area (Å²) in [6.07, 6.45) is 3.31. The van der Waals surface area contributed by atoms with Crippen LogP contribution in [-0.2, 0) is 4.74 Å². The Kier molecular flexibility index (Phi) is 4.38. The predicted molar refractivity (Wildman–Crippen MR) is 68.9 cm³/mol. The number of aliphatic hydroxyl groups is 1. The van der Waals surface area contributed by atoms with Crippen LogP contribution in [-0.4, -0.2) is 42.1 Å². The number of ether oxygens (including phenoxy) is 2. The molecule has 100 valence electrons. The van der Waals surface area contributed by atoms with E-state index in [-0.39, 0.29) is 0 Å². The first-order valence-corrected chi connectivity index (χ1v) is 6.35. The van der Waals surface area contributed by atoms with Gasteiger partial charge in [0.2, 0.25) is 0 Å². The number of rotatable bonds is 6. The van der Waals surface area contributed by atoms with Gasteiger partial charge in [-0.3, -0.25) is 0 Å². The third-order valence-electron chi connectivity index (χ3n) is 2.90. The lowest BCUT2D eigenvalue weighted by molar-refractivity contribution is 0.0381. The molecule has 0 aromatic carbocycles.